The Morgan fingerprint density at radius 3 is 2.62 bits per heavy atom. The van der Waals surface area contributed by atoms with Crippen LogP contribution >= 0.6 is 0 Å². The van der Waals surface area contributed by atoms with Gasteiger partial charge in [0.15, 0.2) is 0 Å². The van der Waals surface area contributed by atoms with Gasteiger partial charge in [0.25, 0.3) is 0 Å². The van der Waals surface area contributed by atoms with Crippen molar-refractivity contribution in [3.8, 4) is 0 Å². The minimum absolute atomic E-state index is 0.138. The van der Waals surface area contributed by atoms with E-state index in [-0.39, 0.29) is 11.9 Å². The van der Waals surface area contributed by atoms with Crippen molar-refractivity contribution in [3.63, 3.8) is 0 Å². The normalized spacial score (nSPS) is 17.1. The van der Waals surface area contributed by atoms with E-state index in [1.165, 1.54) is 31.4 Å². The number of nitrogens with zero attached hydrogens (tertiary/aromatic N) is 1. The Balaban J connectivity index is 2.27. The van der Waals surface area contributed by atoms with Crippen LogP contribution in [0.15, 0.2) is 18.2 Å². The van der Waals surface area contributed by atoms with Crippen molar-refractivity contribution in [1.29, 1.82) is 0 Å². The molecule has 1 aromatic rings. The molecule has 1 atom stereocenters. The lowest BCUT2D eigenvalue weighted by Gasteiger charge is -2.33. The zero-order valence-corrected chi connectivity index (χ0v) is 13.7. The molecule has 1 saturated carbocycles. The quantitative estimate of drug-likeness (QED) is 0.786. The molecule has 2 rings (SSSR count). The van der Waals surface area contributed by atoms with Crippen molar-refractivity contribution in [2.24, 2.45) is 0 Å². The lowest BCUT2D eigenvalue weighted by molar-refractivity contribution is 0.553. The molecule has 0 saturated heterocycles. The Morgan fingerprint density at radius 2 is 2.00 bits per heavy atom. The maximum absolute atomic E-state index is 13.7. The molecule has 0 radical (unpaired) electrons. The Morgan fingerprint density at radius 1 is 1.29 bits per heavy atom. The Hall–Kier alpha value is -1.09. The summed E-state index contributed by atoms with van der Waals surface area (Å²) in [6, 6.07) is 6.09. The molecule has 1 unspecified atom stereocenters. The summed E-state index contributed by atoms with van der Waals surface area (Å²) in [6.07, 6.45) is 6.26. The summed E-state index contributed by atoms with van der Waals surface area (Å²) >= 11 is 0. The Bertz CT molecular complexity index is 441. The molecule has 21 heavy (non-hydrogen) atoms. The lowest BCUT2D eigenvalue weighted by atomic mass is 10.0. The van der Waals surface area contributed by atoms with Gasteiger partial charge in [-0.3, -0.25) is 0 Å². The van der Waals surface area contributed by atoms with Gasteiger partial charge in [0, 0.05) is 24.3 Å². The molecule has 2 nitrogen and oxygen atoms in total. The summed E-state index contributed by atoms with van der Waals surface area (Å²) in [6.45, 7) is 8.45. The molecule has 0 heterocycles. The van der Waals surface area contributed by atoms with Gasteiger partial charge < -0.3 is 10.2 Å². The van der Waals surface area contributed by atoms with Crippen molar-refractivity contribution in [2.75, 3.05) is 18.0 Å². The predicted octanol–water partition coefficient (Wildman–Crippen LogP) is 4.66. The van der Waals surface area contributed by atoms with Crippen LogP contribution in [0.1, 0.15) is 64.5 Å². The maximum Gasteiger partial charge on any atom is 0.123 e. The molecule has 0 spiro atoms. The summed E-state index contributed by atoms with van der Waals surface area (Å²) in [5, 5.41) is 3.49. The molecule has 1 fully saturated rings. The van der Waals surface area contributed by atoms with E-state index in [2.05, 4.69) is 31.0 Å². The molecule has 118 valence electrons. The maximum atomic E-state index is 13.7. The molecule has 1 aliphatic carbocycles. The van der Waals surface area contributed by atoms with E-state index in [1.807, 2.05) is 6.07 Å². The average Bonchev–Trinajstić information content (AvgIpc) is 3.01. The van der Waals surface area contributed by atoms with E-state index in [4.69, 9.17) is 0 Å². The topological polar surface area (TPSA) is 15.3 Å². The summed E-state index contributed by atoms with van der Waals surface area (Å²) in [5.74, 6) is -0.138. The monoisotopic (exact) mass is 292 g/mol. The first-order valence-corrected chi connectivity index (χ1v) is 8.46. The summed E-state index contributed by atoms with van der Waals surface area (Å²) in [7, 11) is 0. The highest BCUT2D eigenvalue weighted by Crippen LogP contribution is 2.33. The van der Waals surface area contributed by atoms with E-state index >= 15 is 0 Å². The van der Waals surface area contributed by atoms with Crippen LogP contribution in [-0.4, -0.2) is 19.1 Å². The van der Waals surface area contributed by atoms with Crippen molar-refractivity contribution < 1.29 is 4.39 Å². The number of halogens is 1. The Kier molecular flexibility index (Phi) is 6.04. The number of rotatable bonds is 7. The first kappa shape index (κ1) is 16.3. The molecular weight excluding hydrogens is 263 g/mol. The van der Waals surface area contributed by atoms with Crippen LogP contribution in [0.4, 0.5) is 10.1 Å². The summed E-state index contributed by atoms with van der Waals surface area (Å²) in [5.41, 5.74) is 2.30. The van der Waals surface area contributed by atoms with Gasteiger partial charge in [-0.2, -0.15) is 0 Å². The molecule has 1 aromatic carbocycles. The van der Waals surface area contributed by atoms with Gasteiger partial charge in [0.1, 0.15) is 5.82 Å². The van der Waals surface area contributed by atoms with Crippen LogP contribution in [0.3, 0.4) is 0 Å². The number of anilines is 1. The zero-order valence-electron chi connectivity index (χ0n) is 13.7. The minimum atomic E-state index is -0.138. The highest BCUT2D eigenvalue weighted by Gasteiger charge is 2.24. The number of hydrogen-bond acceptors (Lipinski definition) is 2. The van der Waals surface area contributed by atoms with Crippen LogP contribution in [0.2, 0.25) is 0 Å². The number of hydrogen-bond donors (Lipinski definition) is 1. The van der Waals surface area contributed by atoms with Gasteiger partial charge in [-0.25, -0.2) is 4.39 Å². The predicted molar refractivity (Wildman–Crippen MR) is 88.4 cm³/mol. The molecule has 3 heteroatoms. The number of benzene rings is 1. The molecule has 0 aromatic heterocycles. The largest absolute Gasteiger partial charge is 0.369 e. The molecular formula is C18H29FN2. The van der Waals surface area contributed by atoms with Gasteiger partial charge in [0.05, 0.1) is 0 Å². The third-order valence-electron chi connectivity index (χ3n) is 4.57. The van der Waals surface area contributed by atoms with Gasteiger partial charge >= 0.3 is 0 Å². The van der Waals surface area contributed by atoms with Crippen molar-refractivity contribution in [2.45, 2.75) is 65.0 Å². The third kappa shape index (κ3) is 3.97. The van der Waals surface area contributed by atoms with Crippen LogP contribution in [-0.2, 0) is 0 Å². The fourth-order valence-corrected chi connectivity index (χ4v) is 3.45. The van der Waals surface area contributed by atoms with Gasteiger partial charge in [-0.05, 0) is 63.4 Å². The second-order valence-electron chi connectivity index (χ2n) is 6.10. The van der Waals surface area contributed by atoms with E-state index in [9.17, 15) is 4.39 Å². The first-order chi connectivity index (χ1) is 10.2. The van der Waals surface area contributed by atoms with Crippen molar-refractivity contribution in [1.82, 2.24) is 5.32 Å². The van der Waals surface area contributed by atoms with Gasteiger partial charge in [0.2, 0.25) is 0 Å². The third-order valence-corrected chi connectivity index (χ3v) is 4.57. The standard InChI is InChI=1S/C18H29FN2/c1-4-12-20-14(3)17-13-15(19)10-11-18(17)21(5-2)16-8-6-7-9-16/h10-11,13-14,16,20H,4-9,12H2,1-3H3. The van der Waals surface area contributed by atoms with Gasteiger partial charge in [-0.15, -0.1) is 0 Å². The Labute approximate surface area is 128 Å². The molecule has 1 N–H and O–H groups in total. The average molecular weight is 292 g/mol. The first-order valence-electron chi connectivity index (χ1n) is 8.46. The highest BCUT2D eigenvalue weighted by molar-refractivity contribution is 5.56. The van der Waals surface area contributed by atoms with Crippen LogP contribution in [0, 0.1) is 5.82 Å². The van der Waals surface area contributed by atoms with Crippen LogP contribution in [0.5, 0.6) is 0 Å². The molecule has 0 aliphatic heterocycles. The number of nitrogens with one attached hydrogen (secondary N) is 1. The smallest absolute Gasteiger partial charge is 0.123 e. The molecule has 0 amide bonds. The van der Waals surface area contributed by atoms with Gasteiger partial charge in [-0.1, -0.05) is 19.8 Å². The lowest BCUT2D eigenvalue weighted by Crippen LogP contribution is -2.34. The van der Waals surface area contributed by atoms with Crippen LogP contribution < -0.4 is 10.2 Å². The minimum Gasteiger partial charge on any atom is -0.369 e. The summed E-state index contributed by atoms with van der Waals surface area (Å²) in [4.78, 5) is 2.48. The summed E-state index contributed by atoms with van der Waals surface area (Å²) < 4.78 is 13.7. The SMILES string of the molecule is CCCNC(C)c1cc(F)ccc1N(CC)C1CCCC1. The second-order valence-corrected chi connectivity index (χ2v) is 6.10. The van der Waals surface area contributed by atoms with E-state index in [0.717, 1.165) is 25.1 Å². The highest BCUT2D eigenvalue weighted by atomic mass is 19.1. The van der Waals surface area contributed by atoms with E-state index < -0.39 is 0 Å². The van der Waals surface area contributed by atoms with E-state index in [1.54, 1.807) is 12.1 Å². The van der Waals surface area contributed by atoms with Crippen molar-refractivity contribution >= 4 is 5.69 Å². The second kappa shape index (κ2) is 7.79. The van der Waals surface area contributed by atoms with E-state index in [0.29, 0.717) is 6.04 Å². The fourth-order valence-electron chi connectivity index (χ4n) is 3.45. The molecule has 0 bridgehead atoms. The van der Waals surface area contributed by atoms with Crippen molar-refractivity contribution in [3.05, 3.63) is 29.6 Å². The fraction of sp³-hybridized carbons (Fsp3) is 0.667. The van der Waals surface area contributed by atoms with Crippen LogP contribution in [0.25, 0.3) is 0 Å². The molecule has 1 aliphatic rings. The zero-order chi connectivity index (χ0) is 15.2.